The van der Waals surface area contributed by atoms with Crippen LogP contribution in [0.3, 0.4) is 0 Å². The summed E-state index contributed by atoms with van der Waals surface area (Å²) in [5.74, 6) is 0.757. The van der Waals surface area contributed by atoms with Gasteiger partial charge in [-0.2, -0.15) is 4.98 Å². The first kappa shape index (κ1) is 16.1. The van der Waals surface area contributed by atoms with E-state index in [-0.39, 0.29) is 23.3 Å². The summed E-state index contributed by atoms with van der Waals surface area (Å²) < 4.78 is 5.02. The van der Waals surface area contributed by atoms with Gasteiger partial charge in [0.25, 0.3) is 5.88 Å². The summed E-state index contributed by atoms with van der Waals surface area (Å²) >= 11 is 0. The van der Waals surface area contributed by atoms with Crippen molar-refractivity contribution in [3.8, 4) is 5.88 Å². The molecule has 0 atom stereocenters. The Kier molecular flexibility index (Phi) is 5.63. The highest BCUT2D eigenvalue weighted by atomic mass is 16.6. The maximum absolute atomic E-state index is 11.2. The smallest absolute Gasteiger partial charge is 0.372 e. The van der Waals surface area contributed by atoms with Gasteiger partial charge in [0.1, 0.15) is 5.82 Å². The maximum atomic E-state index is 11.2. The second-order valence-corrected chi connectivity index (χ2v) is 4.93. The van der Waals surface area contributed by atoms with Crippen molar-refractivity contribution < 1.29 is 9.66 Å². The van der Waals surface area contributed by atoms with Crippen molar-refractivity contribution in [3.63, 3.8) is 0 Å². The van der Waals surface area contributed by atoms with E-state index >= 15 is 0 Å². The second-order valence-electron chi connectivity index (χ2n) is 4.93. The van der Waals surface area contributed by atoms with Crippen molar-refractivity contribution in [2.45, 2.75) is 19.8 Å². The Morgan fingerprint density at radius 1 is 1.40 bits per heavy atom. The summed E-state index contributed by atoms with van der Waals surface area (Å²) in [7, 11) is 5.22. The third-order valence-corrected chi connectivity index (χ3v) is 2.61. The molecule has 8 heteroatoms. The fourth-order valence-electron chi connectivity index (χ4n) is 1.54. The van der Waals surface area contributed by atoms with Gasteiger partial charge < -0.3 is 15.0 Å². The number of hydrogen-bond donors (Lipinski definition) is 1. The number of nitrogens with zero attached hydrogens (tertiary/aromatic N) is 4. The van der Waals surface area contributed by atoms with Gasteiger partial charge in [0.15, 0.2) is 0 Å². The molecule has 1 aromatic heterocycles. The molecule has 0 aliphatic rings. The number of aromatic nitrogens is 2. The quantitative estimate of drug-likeness (QED) is 0.598. The minimum atomic E-state index is -0.527. The van der Waals surface area contributed by atoms with Gasteiger partial charge >= 0.3 is 5.69 Å². The van der Waals surface area contributed by atoms with Gasteiger partial charge in [-0.25, -0.2) is 4.98 Å². The zero-order valence-electron chi connectivity index (χ0n) is 12.5. The lowest BCUT2D eigenvalue weighted by atomic mass is 10.2. The molecule has 0 amide bonds. The first-order valence-electron chi connectivity index (χ1n) is 6.35. The largest absolute Gasteiger partial charge is 0.476 e. The molecule has 0 saturated carbocycles. The van der Waals surface area contributed by atoms with Gasteiger partial charge in [-0.1, -0.05) is 13.8 Å². The van der Waals surface area contributed by atoms with Crippen LogP contribution in [0.4, 0.5) is 11.5 Å². The van der Waals surface area contributed by atoms with Crippen molar-refractivity contribution in [2.75, 3.05) is 39.6 Å². The molecule has 0 spiro atoms. The molecule has 0 radical (unpaired) electrons. The number of ether oxygens (including phenoxy) is 1. The van der Waals surface area contributed by atoms with Crippen molar-refractivity contribution in [1.82, 2.24) is 14.9 Å². The minimum Gasteiger partial charge on any atom is -0.476 e. The van der Waals surface area contributed by atoms with Gasteiger partial charge in [0.2, 0.25) is 5.82 Å². The lowest BCUT2D eigenvalue weighted by Gasteiger charge is -2.13. The Morgan fingerprint density at radius 2 is 2.05 bits per heavy atom. The van der Waals surface area contributed by atoms with Crippen LogP contribution in [0.15, 0.2) is 0 Å². The van der Waals surface area contributed by atoms with E-state index in [2.05, 4.69) is 15.3 Å². The maximum Gasteiger partial charge on any atom is 0.372 e. The number of likely N-dealkylation sites (N-methyl/N-ethyl adjacent to an activating group) is 1. The SMILES string of the molecule is COc1nc(C(C)C)nc(NCCN(C)C)c1[N+](=O)[O-]. The summed E-state index contributed by atoms with van der Waals surface area (Å²) in [6.07, 6.45) is 0. The number of nitro groups is 1. The van der Waals surface area contributed by atoms with E-state index in [9.17, 15) is 10.1 Å². The van der Waals surface area contributed by atoms with E-state index in [4.69, 9.17) is 4.74 Å². The minimum absolute atomic E-state index is 0.0129. The van der Waals surface area contributed by atoms with Crippen LogP contribution in [0.1, 0.15) is 25.6 Å². The van der Waals surface area contributed by atoms with E-state index < -0.39 is 4.92 Å². The molecule has 0 aliphatic carbocycles. The van der Waals surface area contributed by atoms with Crippen LogP contribution in [0.25, 0.3) is 0 Å². The van der Waals surface area contributed by atoms with Gasteiger partial charge in [-0.05, 0) is 14.1 Å². The number of rotatable bonds is 7. The van der Waals surface area contributed by atoms with Crippen molar-refractivity contribution in [2.24, 2.45) is 0 Å². The molecule has 1 aromatic rings. The molecular weight excluding hydrogens is 262 g/mol. The normalized spacial score (nSPS) is 10.9. The van der Waals surface area contributed by atoms with E-state index in [0.29, 0.717) is 12.4 Å². The highest BCUT2D eigenvalue weighted by Gasteiger charge is 2.26. The van der Waals surface area contributed by atoms with Crippen LogP contribution >= 0.6 is 0 Å². The molecule has 1 heterocycles. The second kappa shape index (κ2) is 6.99. The highest BCUT2D eigenvalue weighted by Crippen LogP contribution is 2.32. The predicted octanol–water partition coefficient (Wildman–Crippen LogP) is 1.49. The number of anilines is 1. The standard InChI is InChI=1S/C12H21N5O3/c1-8(2)10-14-11(13-6-7-16(3)4)9(17(18)19)12(15-10)20-5/h8H,6-7H2,1-5H3,(H,13,14,15). The summed E-state index contributed by atoms with van der Waals surface area (Å²) in [6.45, 7) is 5.13. The topological polar surface area (TPSA) is 93.4 Å². The van der Waals surface area contributed by atoms with E-state index in [1.165, 1.54) is 7.11 Å². The fourth-order valence-corrected chi connectivity index (χ4v) is 1.54. The third-order valence-electron chi connectivity index (χ3n) is 2.61. The van der Waals surface area contributed by atoms with Gasteiger partial charge in [-0.3, -0.25) is 10.1 Å². The highest BCUT2D eigenvalue weighted by molar-refractivity contribution is 5.61. The van der Waals surface area contributed by atoms with Gasteiger partial charge in [0, 0.05) is 19.0 Å². The van der Waals surface area contributed by atoms with Crippen LogP contribution in [0, 0.1) is 10.1 Å². The molecule has 1 N–H and O–H groups in total. The summed E-state index contributed by atoms with van der Waals surface area (Å²) in [5.41, 5.74) is -0.226. The average molecular weight is 283 g/mol. The molecule has 0 aliphatic heterocycles. The van der Waals surface area contributed by atoms with Gasteiger partial charge in [0.05, 0.1) is 12.0 Å². The average Bonchev–Trinajstić information content (AvgIpc) is 2.36. The van der Waals surface area contributed by atoms with E-state index in [1.54, 1.807) is 0 Å². The van der Waals surface area contributed by atoms with Crippen LogP contribution in [-0.4, -0.2) is 54.1 Å². The molecule has 20 heavy (non-hydrogen) atoms. The Balaban J connectivity index is 3.15. The van der Waals surface area contributed by atoms with Crippen molar-refractivity contribution >= 4 is 11.5 Å². The Hall–Kier alpha value is -1.96. The van der Waals surface area contributed by atoms with Crippen molar-refractivity contribution in [1.29, 1.82) is 0 Å². The summed E-state index contributed by atoms with van der Waals surface area (Å²) in [6, 6.07) is 0. The lowest BCUT2D eigenvalue weighted by Crippen LogP contribution is -2.22. The lowest BCUT2D eigenvalue weighted by molar-refractivity contribution is -0.385. The predicted molar refractivity (Wildman–Crippen MR) is 76.4 cm³/mol. The Bertz CT molecular complexity index is 476. The molecule has 1 rings (SSSR count). The summed E-state index contributed by atoms with van der Waals surface area (Å²) in [4.78, 5) is 20.9. The van der Waals surface area contributed by atoms with Crippen molar-refractivity contribution in [3.05, 3.63) is 15.9 Å². The fraction of sp³-hybridized carbons (Fsp3) is 0.667. The number of methoxy groups -OCH3 is 1. The molecule has 0 fully saturated rings. The Morgan fingerprint density at radius 3 is 2.50 bits per heavy atom. The summed E-state index contributed by atoms with van der Waals surface area (Å²) in [5, 5.41) is 14.2. The first-order valence-corrected chi connectivity index (χ1v) is 6.35. The molecule has 8 nitrogen and oxygen atoms in total. The molecule has 0 unspecified atom stereocenters. The number of nitrogens with one attached hydrogen (secondary N) is 1. The third kappa shape index (κ3) is 4.02. The van der Waals surface area contributed by atoms with Gasteiger partial charge in [-0.15, -0.1) is 0 Å². The molecular formula is C12H21N5O3. The van der Waals surface area contributed by atoms with Crippen LogP contribution < -0.4 is 10.1 Å². The first-order chi connectivity index (χ1) is 9.36. The molecule has 0 saturated heterocycles. The number of hydrogen-bond acceptors (Lipinski definition) is 7. The zero-order valence-corrected chi connectivity index (χ0v) is 12.5. The van der Waals surface area contributed by atoms with Crippen LogP contribution in [0.5, 0.6) is 5.88 Å². The molecule has 0 bridgehead atoms. The van der Waals surface area contributed by atoms with Crippen LogP contribution in [0.2, 0.25) is 0 Å². The van der Waals surface area contributed by atoms with Crippen LogP contribution in [-0.2, 0) is 0 Å². The molecule has 112 valence electrons. The van der Waals surface area contributed by atoms with E-state index in [0.717, 1.165) is 6.54 Å². The Labute approximate surface area is 118 Å². The monoisotopic (exact) mass is 283 g/mol. The molecule has 0 aromatic carbocycles. The zero-order chi connectivity index (χ0) is 15.3. The van der Waals surface area contributed by atoms with E-state index in [1.807, 2.05) is 32.8 Å².